The van der Waals surface area contributed by atoms with Crippen LogP contribution in [0, 0.1) is 5.41 Å². The van der Waals surface area contributed by atoms with Gasteiger partial charge in [0.15, 0.2) is 0 Å². The van der Waals surface area contributed by atoms with Crippen molar-refractivity contribution in [2.75, 3.05) is 20.3 Å². The Bertz CT molecular complexity index is 85.1. The molecular weight excluding hydrogens is 116 g/mol. The van der Waals surface area contributed by atoms with E-state index in [9.17, 15) is 0 Å². The number of ether oxygens (including phenoxy) is 1. The van der Waals surface area contributed by atoms with E-state index in [1.165, 1.54) is 6.34 Å². The summed E-state index contributed by atoms with van der Waals surface area (Å²) in [7, 11) is 1.63. The van der Waals surface area contributed by atoms with Crippen LogP contribution >= 0.6 is 0 Å². The van der Waals surface area contributed by atoms with Gasteiger partial charge in [0.05, 0.1) is 12.9 Å². The molecule has 0 aliphatic rings. The molecule has 0 heterocycles. The lowest BCUT2D eigenvalue weighted by Gasteiger charge is -2.10. The van der Waals surface area contributed by atoms with Crippen LogP contribution in [-0.4, -0.2) is 31.5 Å². The molecule has 0 bridgehead atoms. The number of nitrogens with zero attached hydrogens (tertiary/aromatic N) is 1. The molecule has 0 aliphatic heterocycles. The number of nitrogens with one attached hydrogen (secondary N) is 1. The van der Waals surface area contributed by atoms with Gasteiger partial charge < -0.3 is 9.64 Å². The Kier molecular flexibility index (Phi) is 4.82. The van der Waals surface area contributed by atoms with Crippen LogP contribution in [0.1, 0.15) is 0 Å². The van der Waals surface area contributed by atoms with Crippen molar-refractivity contribution in [3.63, 3.8) is 0 Å². The van der Waals surface area contributed by atoms with Crippen LogP contribution in [0.5, 0.6) is 0 Å². The molecule has 0 unspecified atom stereocenters. The Labute approximate surface area is 55.4 Å². The van der Waals surface area contributed by atoms with E-state index in [1.54, 1.807) is 18.2 Å². The van der Waals surface area contributed by atoms with E-state index < -0.39 is 0 Å². The van der Waals surface area contributed by atoms with E-state index >= 15 is 0 Å². The van der Waals surface area contributed by atoms with E-state index in [-0.39, 0.29) is 0 Å². The predicted molar refractivity (Wildman–Crippen MR) is 37.6 cm³/mol. The molecule has 0 saturated carbocycles. The van der Waals surface area contributed by atoms with Gasteiger partial charge in [0, 0.05) is 13.7 Å². The van der Waals surface area contributed by atoms with Gasteiger partial charge >= 0.3 is 0 Å². The monoisotopic (exact) mass is 128 g/mol. The topological polar surface area (TPSA) is 36.3 Å². The summed E-state index contributed by atoms with van der Waals surface area (Å²) >= 11 is 0. The lowest BCUT2D eigenvalue weighted by molar-refractivity contribution is 0.187. The van der Waals surface area contributed by atoms with Gasteiger partial charge in [-0.1, -0.05) is 6.58 Å². The second-order valence-electron chi connectivity index (χ2n) is 1.54. The molecule has 0 aliphatic carbocycles. The van der Waals surface area contributed by atoms with Crippen molar-refractivity contribution < 1.29 is 4.74 Å². The molecule has 3 nitrogen and oxygen atoms in total. The minimum Gasteiger partial charge on any atom is -0.383 e. The molecule has 0 spiro atoms. The zero-order valence-corrected chi connectivity index (χ0v) is 5.63. The second-order valence-corrected chi connectivity index (χ2v) is 1.54. The van der Waals surface area contributed by atoms with Crippen LogP contribution in [-0.2, 0) is 4.74 Å². The standard InChI is InChI=1S/C6H12N2O/c1-3-8(6-7)4-5-9-2/h3,6-7H,1,4-5H2,2H3. The highest BCUT2D eigenvalue weighted by atomic mass is 16.5. The number of rotatable bonds is 5. The average molecular weight is 128 g/mol. The molecule has 0 aromatic rings. The zero-order chi connectivity index (χ0) is 7.11. The van der Waals surface area contributed by atoms with Crippen molar-refractivity contribution in [1.82, 2.24) is 4.90 Å². The smallest absolute Gasteiger partial charge is 0.0857 e. The summed E-state index contributed by atoms with van der Waals surface area (Å²) in [6, 6.07) is 0. The SMILES string of the molecule is C=CN(C=N)CCOC. The molecule has 0 radical (unpaired) electrons. The van der Waals surface area contributed by atoms with E-state index in [0.717, 1.165) is 0 Å². The fraction of sp³-hybridized carbons (Fsp3) is 0.500. The Morgan fingerprint density at radius 2 is 2.44 bits per heavy atom. The molecular formula is C6H12N2O. The van der Waals surface area contributed by atoms with E-state index in [1.807, 2.05) is 0 Å². The Hall–Kier alpha value is -0.830. The van der Waals surface area contributed by atoms with Crippen LogP contribution in [0.2, 0.25) is 0 Å². The van der Waals surface area contributed by atoms with Crippen LogP contribution in [0.25, 0.3) is 0 Å². The third-order valence-electron chi connectivity index (χ3n) is 0.954. The quantitative estimate of drug-likeness (QED) is 0.436. The first kappa shape index (κ1) is 8.17. The van der Waals surface area contributed by atoms with E-state index in [2.05, 4.69) is 6.58 Å². The molecule has 9 heavy (non-hydrogen) atoms. The fourth-order valence-corrected chi connectivity index (χ4v) is 0.405. The predicted octanol–water partition coefficient (Wildman–Crippen LogP) is 0.685. The zero-order valence-electron chi connectivity index (χ0n) is 5.63. The van der Waals surface area contributed by atoms with Gasteiger partial charge in [-0.25, -0.2) is 0 Å². The maximum Gasteiger partial charge on any atom is 0.0857 e. The van der Waals surface area contributed by atoms with Crippen molar-refractivity contribution in [3.05, 3.63) is 12.8 Å². The van der Waals surface area contributed by atoms with Crippen molar-refractivity contribution in [2.24, 2.45) is 0 Å². The van der Waals surface area contributed by atoms with Crippen molar-refractivity contribution >= 4 is 6.34 Å². The molecule has 0 atom stereocenters. The Morgan fingerprint density at radius 1 is 1.78 bits per heavy atom. The summed E-state index contributed by atoms with van der Waals surface area (Å²) in [5.74, 6) is 0. The highest BCUT2D eigenvalue weighted by molar-refractivity contribution is 5.51. The number of methoxy groups -OCH3 is 1. The minimum atomic E-state index is 0.626. The first-order chi connectivity index (χ1) is 4.35. The molecule has 1 N–H and O–H groups in total. The summed E-state index contributed by atoms with van der Waals surface area (Å²) in [5, 5.41) is 6.81. The molecule has 0 saturated heterocycles. The van der Waals surface area contributed by atoms with Gasteiger partial charge in [-0.05, 0) is 6.20 Å². The Balaban J connectivity index is 3.30. The lowest BCUT2D eigenvalue weighted by atomic mass is 10.6. The molecule has 3 heteroatoms. The number of hydrogen-bond acceptors (Lipinski definition) is 2. The van der Waals surface area contributed by atoms with Gasteiger partial charge in [0.25, 0.3) is 0 Å². The van der Waals surface area contributed by atoms with Crippen LogP contribution in [0.4, 0.5) is 0 Å². The molecule has 0 rings (SSSR count). The molecule has 52 valence electrons. The maximum atomic E-state index is 6.81. The fourth-order valence-electron chi connectivity index (χ4n) is 0.405. The largest absolute Gasteiger partial charge is 0.383 e. The average Bonchev–Trinajstić information content (AvgIpc) is 1.91. The van der Waals surface area contributed by atoms with Gasteiger partial charge in [-0.2, -0.15) is 0 Å². The molecule has 0 amide bonds. The highest BCUT2D eigenvalue weighted by Gasteiger charge is 1.89. The Morgan fingerprint density at radius 3 is 2.78 bits per heavy atom. The van der Waals surface area contributed by atoms with E-state index in [4.69, 9.17) is 10.1 Å². The van der Waals surface area contributed by atoms with Crippen LogP contribution < -0.4 is 0 Å². The first-order valence-electron chi connectivity index (χ1n) is 2.73. The number of hydrogen-bond donors (Lipinski definition) is 1. The summed E-state index contributed by atoms with van der Waals surface area (Å²) in [4.78, 5) is 1.64. The van der Waals surface area contributed by atoms with Crippen molar-refractivity contribution in [1.29, 1.82) is 5.41 Å². The second kappa shape index (κ2) is 5.31. The third kappa shape index (κ3) is 3.73. The first-order valence-corrected chi connectivity index (χ1v) is 2.73. The van der Waals surface area contributed by atoms with Gasteiger partial charge in [0.1, 0.15) is 0 Å². The van der Waals surface area contributed by atoms with Crippen LogP contribution in [0.15, 0.2) is 12.8 Å². The lowest BCUT2D eigenvalue weighted by Crippen LogP contribution is -2.18. The van der Waals surface area contributed by atoms with Gasteiger partial charge in [-0.3, -0.25) is 5.41 Å². The van der Waals surface area contributed by atoms with Crippen LogP contribution in [0.3, 0.4) is 0 Å². The molecule has 0 aromatic heterocycles. The van der Waals surface area contributed by atoms with Crippen molar-refractivity contribution in [3.8, 4) is 0 Å². The van der Waals surface area contributed by atoms with Crippen molar-refractivity contribution in [2.45, 2.75) is 0 Å². The highest BCUT2D eigenvalue weighted by Crippen LogP contribution is 1.81. The van der Waals surface area contributed by atoms with Gasteiger partial charge in [-0.15, -0.1) is 0 Å². The minimum absolute atomic E-state index is 0.626. The summed E-state index contributed by atoms with van der Waals surface area (Å²) in [6.45, 7) is 4.83. The normalized spacial score (nSPS) is 8.56. The summed E-state index contributed by atoms with van der Waals surface area (Å²) in [5.41, 5.74) is 0. The summed E-state index contributed by atoms with van der Waals surface area (Å²) < 4.78 is 4.78. The maximum absolute atomic E-state index is 6.81. The third-order valence-corrected chi connectivity index (χ3v) is 0.954. The van der Waals surface area contributed by atoms with Gasteiger partial charge in [0.2, 0.25) is 0 Å². The molecule has 0 aromatic carbocycles. The van der Waals surface area contributed by atoms with E-state index in [0.29, 0.717) is 13.2 Å². The molecule has 0 fully saturated rings. The summed E-state index contributed by atoms with van der Waals surface area (Å²) in [6.07, 6.45) is 2.80.